The Hall–Kier alpha value is -0.530. The van der Waals surface area contributed by atoms with Crippen LogP contribution in [0.15, 0.2) is 0 Å². The molecule has 0 aliphatic carbocycles. The Morgan fingerprint density at radius 3 is 2.21 bits per heavy atom. The van der Waals surface area contributed by atoms with E-state index >= 15 is 0 Å². The van der Waals surface area contributed by atoms with Crippen molar-refractivity contribution < 1.29 is 9.53 Å². The molecule has 0 fully saturated rings. The highest BCUT2D eigenvalue weighted by Crippen LogP contribution is 2.34. The third-order valence-corrected chi connectivity index (χ3v) is 4.50. The van der Waals surface area contributed by atoms with Crippen LogP contribution in [-0.2, 0) is 9.53 Å². The fraction of sp³-hybridized carbons (Fsp3) is 0.941. The third-order valence-electron chi connectivity index (χ3n) is 4.50. The first-order valence-corrected chi connectivity index (χ1v) is 8.09. The van der Waals surface area contributed by atoms with Crippen LogP contribution in [0, 0.1) is 17.3 Å². The van der Waals surface area contributed by atoms with E-state index in [1.165, 1.54) is 19.3 Å². The first-order chi connectivity index (χ1) is 8.92. The summed E-state index contributed by atoms with van der Waals surface area (Å²) in [4.78, 5) is 12.4. The van der Waals surface area contributed by atoms with Crippen LogP contribution in [0.25, 0.3) is 0 Å². The first-order valence-electron chi connectivity index (χ1n) is 8.09. The largest absolute Gasteiger partial charge is 0.465 e. The Kier molecular flexibility index (Phi) is 9.12. The van der Waals surface area contributed by atoms with E-state index in [-0.39, 0.29) is 11.4 Å². The van der Waals surface area contributed by atoms with E-state index in [4.69, 9.17) is 4.74 Å². The summed E-state index contributed by atoms with van der Waals surface area (Å²) in [7, 11) is 0. The van der Waals surface area contributed by atoms with Crippen LogP contribution in [0.3, 0.4) is 0 Å². The minimum Gasteiger partial charge on any atom is -0.465 e. The molecule has 114 valence electrons. The van der Waals surface area contributed by atoms with E-state index in [0.717, 1.165) is 19.3 Å². The molecule has 2 atom stereocenters. The topological polar surface area (TPSA) is 26.3 Å². The van der Waals surface area contributed by atoms with E-state index in [9.17, 15) is 4.79 Å². The van der Waals surface area contributed by atoms with E-state index in [2.05, 4.69) is 41.5 Å². The maximum absolute atomic E-state index is 12.4. The highest BCUT2D eigenvalue weighted by Gasteiger charge is 2.37. The molecule has 0 saturated heterocycles. The zero-order chi connectivity index (χ0) is 14.9. The van der Waals surface area contributed by atoms with Crippen molar-refractivity contribution in [2.45, 2.75) is 80.1 Å². The quantitative estimate of drug-likeness (QED) is 0.509. The predicted octanol–water partition coefficient (Wildman–Crippen LogP) is 5.21. The van der Waals surface area contributed by atoms with Gasteiger partial charge in [-0.3, -0.25) is 4.79 Å². The van der Waals surface area contributed by atoms with Crippen molar-refractivity contribution in [3.05, 3.63) is 0 Å². The molecule has 0 bridgehead atoms. The van der Waals surface area contributed by atoms with E-state index < -0.39 is 0 Å². The number of esters is 1. The highest BCUT2D eigenvalue weighted by atomic mass is 16.5. The summed E-state index contributed by atoms with van der Waals surface area (Å²) < 4.78 is 5.63. The van der Waals surface area contributed by atoms with E-state index in [0.29, 0.717) is 18.4 Å². The zero-order valence-electron chi connectivity index (χ0n) is 13.9. The number of hydrogen-bond acceptors (Lipinski definition) is 2. The molecule has 2 unspecified atom stereocenters. The minimum absolute atomic E-state index is 0.000650. The Morgan fingerprint density at radius 2 is 1.79 bits per heavy atom. The Balaban J connectivity index is 4.40. The van der Waals surface area contributed by atoms with Gasteiger partial charge < -0.3 is 4.74 Å². The van der Waals surface area contributed by atoms with Gasteiger partial charge in [0.2, 0.25) is 0 Å². The second-order valence-electron chi connectivity index (χ2n) is 6.34. The van der Waals surface area contributed by atoms with Gasteiger partial charge in [-0.15, -0.1) is 0 Å². The average Bonchev–Trinajstić information content (AvgIpc) is 2.38. The molecule has 0 aliphatic heterocycles. The number of ether oxygens (including phenoxy) is 1. The fourth-order valence-electron chi connectivity index (χ4n) is 2.40. The Morgan fingerprint density at radius 1 is 1.16 bits per heavy atom. The molecule has 19 heavy (non-hydrogen) atoms. The predicted molar refractivity (Wildman–Crippen MR) is 82.1 cm³/mol. The van der Waals surface area contributed by atoms with E-state index in [1.54, 1.807) is 0 Å². The van der Waals surface area contributed by atoms with Gasteiger partial charge in [-0.05, 0) is 31.6 Å². The van der Waals surface area contributed by atoms with Crippen molar-refractivity contribution in [1.29, 1.82) is 0 Å². The average molecular weight is 270 g/mol. The molecule has 2 heteroatoms. The molecular weight excluding hydrogens is 236 g/mol. The molecule has 0 spiro atoms. The van der Waals surface area contributed by atoms with Gasteiger partial charge in [0.1, 0.15) is 0 Å². The molecule has 0 aromatic carbocycles. The molecule has 0 aliphatic rings. The fourth-order valence-corrected chi connectivity index (χ4v) is 2.40. The van der Waals surface area contributed by atoms with Gasteiger partial charge in [0.25, 0.3) is 0 Å². The zero-order valence-corrected chi connectivity index (χ0v) is 13.9. The van der Waals surface area contributed by atoms with Crippen LogP contribution >= 0.6 is 0 Å². The van der Waals surface area contributed by atoms with Crippen LogP contribution in [0.2, 0.25) is 0 Å². The summed E-state index contributed by atoms with van der Waals surface area (Å²) in [6.07, 6.45) is 6.65. The molecule has 2 nitrogen and oxygen atoms in total. The monoisotopic (exact) mass is 270 g/mol. The summed E-state index contributed by atoms with van der Waals surface area (Å²) in [5.41, 5.74) is -0.322. The van der Waals surface area contributed by atoms with Gasteiger partial charge in [-0.2, -0.15) is 0 Å². The summed E-state index contributed by atoms with van der Waals surface area (Å²) >= 11 is 0. The Bertz CT molecular complexity index is 248. The van der Waals surface area contributed by atoms with Gasteiger partial charge in [0.05, 0.1) is 12.0 Å². The van der Waals surface area contributed by atoms with Gasteiger partial charge >= 0.3 is 5.97 Å². The maximum atomic E-state index is 12.4. The number of hydrogen-bond donors (Lipinski definition) is 0. The lowest BCUT2D eigenvalue weighted by atomic mass is 9.75. The van der Waals surface area contributed by atoms with Crippen molar-refractivity contribution in [1.82, 2.24) is 0 Å². The van der Waals surface area contributed by atoms with Crippen LogP contribution in [0.4, 0.5) is 0 Å². The number of carbonyl (C=O) groups excluding carboxylic acids is 1. The molecule has 0 aromatic rings. The number of carbonyl (C=O) groups is 1. The normalized spacial score (nSPS) is 16.2. The van der Waals surface area contributed by atoms with Crippen LogP contribution in [0.5, 0.6) is 0 Å². The summed E-state index contributed by atoms with van der Waals surface area (Å²) in [6, 6.07) is 0. The van der Waals surface area contributed by atoms with Gasteiger partial charge in [0, 0.05) is 0 Å². The van der Waals surface area contributed by atoms with Crippen molar-refractivity contribution in [2.75, 3.05) is 6.61 Å². The second-order valence-corrected chi connectivity index (χ2v) is 6.34. The van der Waals surface area contributed by atoms with E-state index in [1.807, 2.05) is 0 Å². The van der Waals surface area contributed by atoms with Crippen molar-refractivity contribution in [3.8, 4) is 0 Å². The number of rotatable bonds is 10. The number of unbranched alkanes of at least 4 members (excludes halogenated alkanes) is 1. The standard InChI is InChI=1S/C17H34O2/c1-7-10-11-15(9-3)13-19-16(18)17(6,12-8-2)14(4)5/h14-15H,7-13H2,1-6H3. The highest BCUT2D eigenvalue weighted by molar-refractivity contribution is 5.76. The lowest BCUT2D eigenvalue weighted by molar-refractivity contribution is -0.160. The third kappa shape index (κ3) is 5.97. The first kappa shape index (κ1) is 18.5. The molecule has 0 N–H and O–H groups in total. The van der Waals surface area contributed by atoms with Gasteiger partial charge in [0.15, 0.2) is 0 Å². The molecule has 0 radical (unpaired) electrons. The molecule has 0 saturated carbocycles. The smallest absolute Gasteiger partial charge is 0.312 e. The molecule has 0 aromatic heterocycles. The Labute approximate surface area is 120 Å². The van der Waals surface area contributed by atoms with Crippen molar-refractivity contribution in [2.24, 2.45) is 17.3 Å². The van der Waals surface area contributed by atoms with Crippen LogP contribution in [-0.4, -0.2) is 12.6 Å². The van der Waals surface area contributed by atoms with Crippen LogP contribution < -0.4 is 0 Å². The minimum atomic E-state index is -0.322. The van der Waals surface area contributed by atoms with Gasteiger partial charge in [-0.1, -0.05) is 60.3 Å². The summed E-state index contributed by atoms with van der Waals surface area (Å²) in [5.74, 6) is 0.858. The van der Waals surface area contributed by atoms with Crippen molar-refractivity contribution in [3.63, 3.8) is 0 Å². The van der Waals surface area contributed by atoms with Crippen molar-refractivity contribution >= 4 is 5.97 Å². The molecule has 0 amide bonds. The van der Waals surface area contributed by atoms with Crippen LogP contribution in [0.1, 0.15) is 80.1 Å². The van der Waals surface area contributed by atoms with Gasteiger partial charge in [-0.25, -0.2) is 0 Å². The molecule has 0 heterocycles. The maximum Gasteiger partial charge on any atom is 0.312 e. The SMILES string of the molecule is CCCCC(CC)COC(=O)C(C)(CCC)C(C)C. The lowest BCUT2D eigenvalue weighted by Crippen LogP contribution is -2.35. The second kappa shape index (κ2) is 9.39. The molecular formula is C17H34O2. The molecule has 0 rings (SSSR count). The lowest BCUT2D eigenvalue weighted by Gasteiger charge is -2.31. The summed E-state index contributed by atoms with van der Waals surface area (Å²) in [6.45, 7) is 13.4. The summed E-state index contributed by atoms with van der Waals surface area (Å²) in [5, 5.41) is 0.